The van der Waals surface area contributed by atoms with E-state index in [0.29, 0.717) is 37.4 Å². The maximum absolute atomic E-state index is 13.9. The van der Waals surface area contributed by atoms with E-state index < -0.39 is 28.5 Å². The largest absolute Gasteiger partial charge is 0.492 e. The summed E-state index contributed by atoms with van der Waals surface area (Å²) in [6.07, 6.45) is 7.27. The second-order valence-electron chi connectivity index (χ2n) is 9.76. The van der Waals surface area contributed by atoms with Crippen molar-refractivity contribution in [1.82, 2.24) is 10.2 Å². The Kier molecular flexibility index (Phi) is 11.0. The molecule has 1 aliphatic carbocycles. The standard InChI is InChI=1S/C29H41N3O5S/c1-4-25(29(34)30-24-16-10-7-11-17-24)31(21-20-23-14-8-6-9-15-23)28(33)22-32(38(3,35)36)26-18-12-13-19-27(26)37-5-2/h6,8-9,12-15,18-19,24-25H,4-5,7,10-11,16-17,20-22H2,1-3H3,(H,30,34)/t25-/m0/s1. The summed E-state index contributed by atoms with van der Waals surface area (Å²) in [5.41, 5.74) is 1.34. The van der Waals surface area contributed by atoms with Gasteiger partial charge in [0.1, 0.15) is 18.3 Å². The van der Waals surface area contributed by atoms with Gasteiger partial charge in [0.05, 0.1) is 18.6 Å². The van der Waals surface area contributed by atoms with Crippen molar-refractivity contribution >= 4 is 27.5 Å². The summed E-state index contributed by atoms with van der Waals surface area (Å²) >= 11 is 0. The lowest BCUT2D eigenvalue weighted by Crippen LogP contribution is -2.54. The Labute approximate surface area is 227 Å². The molecular weight excluding hydrogens is 502 g/mol. The maximum atomic E-state index is 13.9. The van der Waals surface area contributed by atoms with Crippen LogP contribution in [0.15, 0.2) is 54.6 Å². The highest BCUT2D eigenvalue weighted by Gasteiger charge is 2.33. The van der Waals surface area contributed by atoms with Crippen molar-refractivity contribution in [3.63, 3.8) is 0 Å². The van der Waals surface area contributed by atoms with Crippen molar-refractivity contribution < 1.29 is 22.7 Å². The van der Waals surface area contributed by atoms with E-state index in [2.05, 4.69) is 5.32 Å². The molecule has 0 bridgehead atoms. The van der Waals surface area contributed by atoms with E-state index in [9.17, 15) is 18.0 Å². The van der Waals surface area contributed by atoms with Gasteiger partial charge in [0.2, 0.25) is 21.8 Å². The Morgan fingerprint density at radius 2 is 1.66 bits per heavy atom. The molecule has 0 unspecified atom stereocenters. The van der Waals surface area contributed by atoms with Gasteiger partial charge in [-0.05, 0) is 50.3 Å². The summed E-state index contributed by atoms with van der Waals surface area (Å²) in [4.78, 5) is 28.8. The molecule has 8 nitrogen and oxygen atoms in total. The molecule has 38 heavy (non-hydrogen) atoms. The number of benzene rings is 2. The number of para-hydroxylation sites is 2. The van der Waals surface area contributed by atoms with E-state index in [0.717, 1.165) is 41.8 Å². The quantitative estimate of drug-likeness (QED) is 0.410. The van der Waals surface area contributed by atoms with E-state index in [-0.39, 0.29) is 11.9 Å². The Morgan fingerprint density at radius 1 is 1.00 bits per heavy atom. The van der Waals surface area contributed by atoms with E-state index in [1.54, 1.807) is 29.2 Å². The van der Waals surface area contributed by atoms with Crippen molar-refractivity contribution in [2.45, 2.75) is 70.9 Å². The SMILES string of the molecule is CCOc1ccccc1N(CC(=O)N(CCc1ccccc1)[C@@H](CC)C(=O)NC1CCCCC1)S(C)(=O)=O. The molecule has 2 aromatic rings. The number of anilines is 1. The molecular formula is C29H41N3O5S. The number of carbonyl (C=O) groups is 2. The molecule has 1 atom stereocenters. The summed E-state index contributed by atoms with van der Waals surface area (Å²) in [6, 6.07) is 15.9. The molecule has 0 spiro atoms. The third kappa shape index (κ3) is 8.21. The summed E-state index contributed by atoms with van der Waals surface area (Å²) in [7, 11) is -3.82. The van der Waals surface area contributed by atoms with Crippen molar-refractivity contribution in [1.29, 1.82) is 0 Å². The monoisotopic (exact) mass is 543 g/mol. The van der Waals surface area contributed by atoms with Gasteiger partial charge in [-0.3, -0.25) is 13.9 Å². The van der Waals surface area contributed by atoms with E-state index in [1.165, 1.54) is 6.42 Å². The number of hydrogen-bond acceptors (Lipinski definition) is 5. The minimum atomic E-state index is -3.82. The van der Waals surface area contributed by atoms with Crippen LogP contribution < -0.4 is 14.4 Å². The first-order valence-electron chi connectivity index (χ1n) is 13.6. The lowest BCUT2D eigenvalue weighted by molar-refractivity contribution is -0.140. The Balaban J connectivity index is 1.89. The lowest BCUT2D eigenvalue weighted by Gasteiger charge is -2.34. The number of nitrogens with zero attached hydrogens (tertiary/aromatic N) is 2. The Bertz CT molecular complexity index is 1150. The fourth-order valence-corrected chi connectivity index (χ4v) is 5.83. The third-order valence-electron chi connectivity index (χ3n) is 6.93. The van der Waals surface area contributed by atoms with Gasteiger partial charge in [-0.2, -0.15) is 0 Å². The predicted molar refractivity (Wildman–Crippen MR) is 151 cm³/mol. The summed E-state index contributed by atoms with van der Waals surface area (Å²) in [5, 5.41) is 3.16. The molecule has 3 rings (SSSR count). The molecule has 2 amide bonds. The second kappa shape index (κ2) is 14.2. The highest BCUT2D eigenvalue weighted by Crippen LogP contribution is 2.30. The lowest BCUT2D eigenvalue weighted by atomic mass is 9.95. The smallest absolute Gasteiger partial charge is 0.244 e. The van der Waals surface area contributed by atoms with Gasteiger partial charge < -0.3 is 15.0 Å². The van der Waals surface area contributed by atoms with Gasteiger partial charge in [0.15, 0.2) is 0 Å². The van der Waals surface area contributed by atoms with E-state index >= 15 is 0 Å². The molecule has 1 fully saturated rings. The first-order valence-corrected chi connectivity index (χ1v) is 15.4. The normalized spacial score (nSPS) is 14.9. The van der Waals surface area contributed by atoms with Crippen molar-refractivity contribution in [2.75, 3.05) is 30.3 Å². The minimum absolute atomic E-state index is 0.113. The predicted octanol–water partition coefficient (Wildman–Crippen LogP) is 4.15. The molecule has 1 aliphatic rings. The number of ether oxygens (including phenoxy) is 1. The zero-order chi connectivity index (χ0) is 27.5. The Morgan fingerprint density at radius 3 is 2.29 bits per heavy atom. The van der Waals surface area contributed by atoms with Gasteiger partial charge in [-0.25, -0.2) is 8.42 Å². The molecule has 0 heterocycles. The first kappa shape index (κ1) is 29.5. The van der Waals surface area contributed by atoms with Crippen LogP contribution >= 0.6 is 0 Å². The van der Waals surface area contributed by atoms with Crippen molar-refractivity contribution in [2.24, 2.45) is 0 Å². The van der Waals surface area contributed by atoms with E-state index in [1.807, 2.05) is 44.2 Å². The fourth-order valence-electron chi connectivity index (χ4n) is 4.98. The van der Waals surface area contributed by atoms with Crippen LogP contribution in [0.5, 0.6) is 5.75 Å². The van der Waals surface area contributed by atoms with Gasteiger partial charge in [-0.15, -0.1) is 0 Å². The molecule has 9 heteroatoms. The molecule has 1 N–H and O–H groups in total. The van der Waals surface area contributed by atoms with Crippen LogP contribution in [0.4, 0.5) is 5.69 Å². The number of nitrogens with one attached hydrogen (secondary N) is 1. The third-order valence-corrected chi connectivity index (χ3v) is 8.06. The average Bonchev–Trinajstić information content (AvgIpc) is 2.90. The van der Waals surface area contributed by atoms with Crippen LogP contribution in [0.2, 0.25) is 0 Å². The summed E-state index contributed by atoms with van der Waals surface area (Å²) in [6.45, 7) is 3.92. The average molecular weight is 544 g/mol. The maximum Gasteiger partial charge on any atom is 0.244 e. The molecule has 2 aromatic carbocycles. The van der Waals surface area contributed by atoms with Crippen LogP contribution in [0.1, 0.15) is 57.9 Å². The highest BCUT2D eigenvalue weighted by atomic mass is 32.2. The van der Waals surface area contributed by atoms with Crippen LogP contribution in [0.3, 0.4) is 0 Å². The van der Waals surface area contributed by atoms with Gasteiger partial charge in [-0.1, -0.05) is 68.7 Å². The zero-order valence-electron chi connectivity index (χ0n) is 22.8. The number of amides is 2. The molecule has 0 aliphatic heterocycles. The number of hydrogen-bond donors (Lipinski definition) is 1. The number of rotatable bonds is 13. The van der Waals surface area contributed by atoms with Crippen molar-refractivity contribution in [3.8, 4) is 5.75 Å². The van der Waals surface area contributed by atoms with Gasteiger partial charge in [0, 0.05) is 12.6 Å². The van der Waals surface area contributed by atoms with E-state index in [4.69, 9.17) is 4.74 Å². The molecule has 0 aromatic heterocycles. The molecule has 0 radical (unpaired) electrons. The number of sulfonamides is 1. The molecule has 208 valence electrons. The van der Waals surface area contributed by atoms with Crippen LogP contribution in [-0.4, -0.2) is 63.2 Å². The van der Waals surface area contributed by atoms with Crippen LogP contribution in [-0.2, 0) is 26.0 Å². The van der Waals surface area contributed by atoms with Crippen LogP contribution in [0, 0.1) is 0 Å². The van der Waals surface area contributed by atoms with Gasteiger partial charge >= 0.3 is 0 Å². The summed E-state index contributed by atoms with van der Waals surface area (Å²) < 4.78 is 32.5. The Hall–Kier alpha value is -3.07. The second-order valence-corrected chi connectivity index (χ2v) is 11.7. The number of carbonyl (C=O) groups excluding carboxylic acids is 2. The highest BCUT2D eigenvalue weighted by molar-refractivity contribution is 7.92. The fraction of sp³-hybridized carbons (Fsp3) is 0.517. The molecule has 0 saturated heterocycles. The van der Waals surface area contributed by atoms with Crippen LogP contribution in [0.25, 0.3) is 0 Å². The minimum Gasteiger partial charge on any atom is -0.492 e. The topological polar surface area (TPSA) is 96.0 Å². The summed E-state index contributed by atoms with van der Waals surface area (Å²) in [5.74, 6) is -0.226. The molecule has 1 saturated carbocycles. The first-order chi connectivity index (χ1) is 18.2. The van der Waals surface area contributed by atoms with Gasteiger partial charge in [0.25, 0.3) is 0 Å². The zero-order valence-corrected chi connectivity index (χ0v) is 23.6. The van der Waals surface area contributed by atoms with Crippen molar-refractivity contribution in [3.05, 3.63) is 60.2 Å².